The number of hydrogen-bond donors (Lipinski definition) is 2. The molecular weight excluding hydrogens is 261 g/mol. The maximum Gasteiger partial charge on any atom is 0.134 e. The van der Waals surface area contributed by atoms with Gasteiger partial charge in [0.15, 0.2) is 0 Å². The van der Waals surface area contributed by atoms with Crippen LogP contribution in [0.2, 0.25) is 10.0 Å². The number of halogens is 2. The molecule has 0 radical (unpaired) electrons. The fraction of sp³-hybridized carbons (Fsp3) is 0.167. The van der Waals surface area contributed by atoms with E-state index in [0.717, 1.165) is 5.69 Å². The van der Waals surface area contributed by atoms with Gasteiger partial charge in [-0.2, -0.15) is 0 Å². The molecule has 1 aromatic heterocycles. The highest BCUT2D eigenvalue weighted by molar-refractivity contribution is 6.35. The predicted octanol–water partition coefficient (Wildman–Crippen LogP) is 3.73. The molecule has 0 saturated carbocycles. The Labute approximate surface area is 109 Å². The number of furan rings is 1. The second-order valence-corrected chi connectivity index (χ2v) is 4.44. The lowest BCUT2D eigenvalue weighted by molar-refractivity contribution is 0.162. The molecule has 2 N–H and O–H groups in total. The minimum absolute atomic E-state index is 0.324. The molecule has 5 heteroatoms. The third kappa shape index (κ3) is 3.40. The largest absolute Gasteiger partial charge is 0.467 e. The molecule has 0 spiro atoms. The molecule has 17 heavy (non-hydrogen) atoms. The van der Waals surface area contributed by atoms with Crippen LogP contribution in [-0.4, -0.2) is 11.7 Å². The molecule has 1 unspecified atom stereocenters. The Kier molecular flexibility index (Phi) is 3.94. The summed E-state index contributed by atoms with van der Waals surface area (Å²) in [6.07, 6.45) is 0.817. The number of anilines is 1. The summed E-state index contributed by atoms with van der Waals surface area (Å²) in [7, 11) is 0. The maximum atomic E-state index is 9.79. The Balaban J connectivity index is 1.98. The van der Waals surface area contributed by atoms with Gasteiger partial charge in [-0.05, 0) is 30.3 Å². The van der Waals surface area contributed by atoms with Crippen LogP contribution in [-0.2, 0) is 0 Å². The van der Waals surface area contributed by atoms with E-state index in [1.165, 1.54) is 6.26 Å². The zero-order chi connectivity index (χ0) is 12.3. The topological polar surface area (TPSA) is 45.4 Å². The van der Waals surface area contributed by atoms with E-state index in [2.05, 4.69) is 5.32 Å². The van der Waals surface area contributed by atoms with E-state index in [-0.39, 0.29) is 0 Å². The molecule has 2 rings (SSSR count). The first-order valence-corrected chi connectivity index (χ1v) is 5.82. The fourth-order valence-corrected chi connectivity index (χ4v) is 1.98. The van der Waals surface area contributed by atoms with E-state index in [1.807, 2.05) is 0 Å². The molecule has 1 heterocycles. The first-order chi connectivity index (χ1) is 8.15. The van der Waals surface area contributed by atoms with Crippen molar-refractivity contribution < 1.29 is 9.52 Å². The number of hydrogen-bond acceptors (Lipinski definition) is 3. The zero-order valence-electron chi connectivity index (χ0n) is 8.86. The van der Waals surface area contributed by atoms with Crippen molar-refractivity contribution in [2.45, 2.75) is 6.10 Å². The third-order valence-electron chi connectivity index (χ3n) is 2.23. The molecule has 1 aromatic carbocycles. The average Bonchev–Trinajstić information content (AvgIpc) is 2.78. The van der Waals surface area contributed by atoms with Crippen LogP contribution in [0.3, 0.4) is 0 Å². The first-order valence-electron chi connectivity index (χ1n) is 5.06. The SMILES string of the molecule is OC(CNc1cc(Cl)cc(Cl)c1)c1ccco1. The van der Waals surface area contributed by atoms with E-state index in [9.17, 15) is 5.11 Å². The summed E-state index contributed by atoms with van der Waals surface area (Å²) in [5, 5.41) is 13.9. The van der Waals surface area contributed by atoms with Gasteiger partial charge in [0.2, 0.25) is 0 Å². The third-order valence-corrected chi connectivity index (χ3v) is 2.67. The molecule has 0 fully saturated rings. The second kappa shape index (κ2) is 5.45. The van der Waals surface area contributed by atoms with Crippen molar-refractivity contribution >= 4 is 28.9 Å². The van der Waals surface area contributed by atoms with Gasteiger partial charge in [-0.3, -0.25) is 0 Å². The lowest BCUT2D eigenvalue weighted by atomic mass is 10.2. The summed E-state index contributed by atoms with van der Waals surface area (Å²) in [5.74, 6) is 0.519. The highest BCUT2D eigenvalue weighted by atomic mass is 35.5. The van der Waals surface area contributed by atoms with Gasteiger partial charge in [0.05, 0.1) is 6.26 Å². The minimum atomic E-state index is -0.706. The van der Waals surface area contributed by atoms with Gasteiger partial charge in [-0.1, -0.05) is 23.2 Å². The van der Waals surface area contributed by atoms with Crippen LogP contribution in [0, 0.1) is 0 Å². The van der Waals surface area contributed by atoms with Crippen molar-refractivity contribution in [1.82, 2.24) is 0 Å². The van der Waals surface area contributed by atoms with Crippen molar-refractivity contribution in [2.24, 2.45) is 0 Å². The summed E-state index contributed by atoms with van der Waals surface area (Å²) in [6, 6.07) is 8.58. The average molecular weight is 272 g/mol. The van der Waals surface area contributed by atoms with E-state index in [0.29, 0.717) is 22.4 Å². The van der Waals surface area contributed by atoms with Crippen LogP contribution >= 0.6 is 23.2 Å². The van der Waals surface area contributed by atoms with Gasteiger partial charge < -0.3 is 14.8 Å². The van der Waals surface area contributed by atoms with Crippen LogP contribution in [0.1, 0.15) is 11.9 Å². The van der Waals surface area contributed by atoms with Crippen LogP contribution in [0.5, 0.6) is 0 Å². The Bertz CT molecular complexity index is 465. The van der Waals surface area contributed by atoms with Gasteiger partial charge >= 0.3 is 0 Å². The van der Waals surface area contributed by atoms with Crippen molar-refractivity contribution in [3.05, 3.63) is 52.4 Å². The smallest absolute Gasteiger partial charge is 0.134 e. The zero-order valence-corrected chi connectivity index (χ0v) is 10.4. The quantitative estimate of drug-likeness (QED) is 0.891. The van der Waals surface area contributed by atoms with Gasteiger partial charge in [-0.15, -0.1) is 0 Å². The predicted molar refractivity (Wildman–Crippen MR) is 68.6 cm³/mol. The van der Waals surface area contributed by atoms with Crippen molar-refractivity contribution in [1.29, 1.82) is 0 Å². The van der Waals surface area contributed by atoms with Gasteiger partial charge in [0, 0.05) is 22.3 Å². The van der Waals surface area contributed by atoms with Gasteiger partial charge in [-0.25, -0.2) is 0 Å². The number of rotatable bonds is 4. The standard InChI is InChI=1S/C12H11Cl2NO2/c13-8-4-9(14)6-10(5-8)15-7-11(16)12-2-1-3-17-12/h1-6,11,15-16H,7H2. The maximum absolute atomic E-state index is 9.79. The Morgan fingerprint density at radius 1 is 1.24 bits per heavy atom. The summed E-state index contributed by atoms with van der Waals surface area (Å²) >= 11 is 11.7. The summed E-state index contributed by atoms with van der Waals surface area (Å²) in [5.41, 5.74) is 0.758. The lowest BCUT2D eigenvalue weighted by Crippen LogP contribution is -2.11. The summed E-state index contributed by atoms with van der Waals surface area (Å²) < 4.78 is 5.09. The van der Waals surface area contributed by atoms with Crippen LogP contribution in [0.4, 0.5) is 5.69 Å². The van der Waals surface area contributed by atoms with E-state index in [4.69, 9.17) is 27.6 Å². The van der Waals surface area contributed by atoms with E-state index < -0.39 is 6.10 Å². The number of aliphatic hydroxyl groups excluding tert-OH is 1. The number of nitrogens with one attached hydrogen (secondary N) is 1. The first kappa shape index (κ1) is 12.3. The summed E-state index contributed by atoms with van der Waals surface area (Å²) in [6.45, 7) is 0.324. The Morgan fingerprint density at radius 2 is 1.94 bits per heavy atom. The van der Waals surface area contributed by atoms with Crippen LogP contribution in [0.25, 0.3) is 0 Å². The van der Waals surface area contributed by atoms with Gasteiger partial charge in [0.1, 0.15) is 11.9 Å². The lowest BCUT2D eigenvalue weighted by Gasteiger charge is -2.11. The highest BCUT2D eigenvalue weighted by Gasteiger charge is 2.09. The van der Waals surface area contributed by atoms with Crippen molar-refractivity contribution in [3.8, 4) is 0 Å². The molecular formula is C12H11Cl2NO2. The second-order valence-electron chi connectivity index (χ2n) is 3.57. The van der Waals surface area contributed by atoms with Gasteiger partial charge in [0.25, 0.3) is 0 Å². The fourth-order valence-electron chi connectivity index (χ4n) is 1.45. The minimum Gasteiger partial charge on any atom is -0.467 e. The molecule has 0 saturated heterocycles. The molecule has 0 aliphatic carbocycles. The highest BCUT2D eigenvalue weighted by Crippen LogP contribution is 2.23. The molecule has 0 aliphatic rings. The van der Waals surface area contributed by atoms with Crippen LogP contribution in [0.15, 0.2) is 41.0 Å². The van der Waals surface area contributed by atoms with Crippen molar-refractivity contribution in [2.75, 3.05) is 11.9 Å². The molecule has 0 aliphatic heterocycles. The van der Waals surface area contributed by atoms with E-state index >= 15 is 0 Å². The Morgan fingerprint density at radius 3 is 2.53 bits per heavy atom. The molecule has 0 bridgehead atoms. The number of aliphatic hydroxyl groups is 1. The summed E-state index contributed by atoms with van der Waals surface area (Å²) in [4.78, 5) is 0. The molecule has 1 atom stereocenters. The van der Waals surface area contributed by atoms with Crippen LogP contribution < -0.4 is 5.32 Å². The molecule has 0 amide bonds. The number of benzene rings is 1. The molecule has 2 aromatic rings. The Hall–Kier alpha value is -1.16. The monoisotopic (exact) mass is 271 g/mol. The van der Waals surface area contributed by atoms with E-state index in [1.54, 1.807) is 30.3 Å². The molecule has 3 nitrogen and oxygen atoms in total. The normalized spacial score (nSPS) is 12.4. The molecule has 90 valence electrons. The van der Waals surface area contributed by atoms with Crippen molar-refractivity contribution in [3.63, 3.8) is 0 Å².